The first-order valence-electron chi connectivity index (χ1n) is 11.2. The van der Waals surface area contributed by atoms with E-state index in [9.17, 15) is 22.4 Å². The molecule has 174 valence electrons. The molecule has 1 saturated carbocycles. The predicted molar refractivity (Wildman–Crippen MR) is 116 cm³/mol. The number of rotatable bonds is 4. The third-order valence-electron chi connectivity index (χ3n) is 6.70. The number of benzene rings is 1. The normalized spacial score (nSPS) is 21.0. The second-order valence-electron chi connectivity index (χ2n) is 8.89. The monoisotopic (exact) mass is 460 g/mol. The van der Waals surface area contributed by atoms with Crippen LogP contribution in [0, 0.1) is 11.6 Å². The fourth-order valence-corrected chi connectivity index (χ4v) is 4.94. The van der Waals surface area contributed by atoms with Crippen molar-refractivity contribution in [2.24, 2.45) is 0 Å². The number of anilines is 1. The summed E-state index contributed by atoms with van der Waals surface area (Å²) in [5.41, 5.74) is 2.01. The summed E-state index contributed by atoms with van der Waals surface area (Å²) < 4.78 is 56.6. The lowest BCUT2D eigenvalue weighted by molar-refractivity contribution is -0.0399. The van der Waals surface area contributed by atoms with Crippen molar-refractivity contribution in [3.63, 3.8) is 0 Å². The van der Waals surface area contributed by atoms with Gasteiger partial charge in [-0.15, -0.1) is 0 Å². The van der Waals surface area contributed by atoms with Crippen LogP contribution in [0.15, 0.2) is 42.7 Å². The number of nitrogens with zero attached hydrogens (tertiary/aromatic N) is 3. The van der Waals surface area contributed by atoms with E-state index in [-0.39, 0.29) is 43.7 Å². The van der Waals surface area contributed by atoms with Crippen LogP contribution in [0.25, 0.3) is 5.52 Å². The van der Waals surface area contributed by atoms with Crippen LogP contribution in [0.1, 0.15) is 60.5 Å². The molecule has 0 bridgehead atoms. The standard InChI is InChI=1S/C24H24F4N4O/c25-15-3-4-20(26)18(12-15)21-2-1-10-31(21)17-7-11-32-22(13-17)19(14-29-32)23(33)30-16-5-8-24(27,28)9-6-16/h3-4,7,11-14,16,21H,1-2,5-6,8-10H2,(H,30,33). The van der Waals surface area contributed by atoms with E-state index < -0.39 is 17.6 Å². The van der Waals surface area contributed by atoms with E-state index in [1.54, 1.807) is 10.7 Å². The minimum atomic E-state index is -2.66. The van der Waals surface area contributed by atoms with E-state index >= 15 is 0 Å². The number of halogens is 4. The summed E-state index contributed by atoms with van der Waals surface area (Å²) in [6.07, 6.45) is 4.69. The topological polar surface area (TPSA) is 49.6 Å². The van der Waals surface area contributed by atoms with Gasteiger partial charge in [0.25, 0.3) is 5.91 Å². The molecule has 1 aromatic carbocycles. The van der Waals surface area contributed by atoms with Crippen LogP contribution in [0.5, 0.6) is 0 Å². The Bertz CT molecular complexity index is 1180. The van der Waals surface area contributed by atoms with Crippen LogP contribution in [0.3, 0.4) is 0 Å². The number of carbonyl (C=O) groups is 1. The maximum atomic E-state index is 14.4. The van der Waals surface area contributed by atoms with Gasteiger partial charge in [-0.1, -0.05) is 0 Å². The molecule has 9 heteroatoms. The fourth-order valence-electron chi connectivity index (χ4n) is 4.94. The van der Waals surface area contributed by atoms with Gasteiger partial charge in [0.1, 0.15) is 11.6 Å². The molecule has 1 atom stereocenters. The van der Waals surface area contributed by atoms with Gasteiger partial charge in [-0.2, -0.15) is 5.10 Å². The molecule has 1 aliphatic heterocycles. The fraction of sp³-hybridized carbons (Fsp3) is 0.417. The first-order valence-corrected chi connectivity index (χ1v) is 11.2. The first kappa shape index (κ1) is 21.7. The Labute approximate surface area is 188 Å². The number of hydrogen-bond acceptors (Lipinski definition) is 3. The molecule has 0 radical (unpaired) electrons. The zero-order valence-electron chi connectivity index (χ0n) is 17.9. The van der Waals surface area contributed by atoms with Gasteiger partial charge in [-0.3, -0.25) is 4.79 Å². The van der Waals surface area contributed by atoms with Crippen LogP contribution in [-0.2, 0) is 0 Å². The van der Waals surface area contributed by atoms with Gasteiger partial charge < -0.3 is 10.2 Å². The molecule has 3 aromatic rings. The van der Waals surface area contributed by atoms with E-state index in [0.29, 0.717) is 29.6 Å². The van der Waals surface area contributed by atoms with Gasteiger partial charge >= 0.3 is 0 Å². The minimum Gasteiger partial charge on any atom is -0.364 e. The van der Waals surface area contributed by atoms with Crippen molar-refractivity contribution < 1.29 is 22.4 Å². The van der Waals surface area contributed by atoms with Crippen molar-refractivity contribution in [2.45, 2.75) is 56.5 Å². The van der Waals surface area contributed by atoms with Crippen molar-refractivity contribution in [2.75, 3.05) is 11.4 Å². The van der Waals surface area contributed by atoms with Crippen LogP contribution in [0.2, 0.25) is 0 Å². The summed E-state index contributed by atoms with van der Waals surface area (Å²) in [7, 11) is 0. The molecular weight excluding hydrogens is 436 g/mol. The quantitative estimate of drug-likeness (QED) is 0.541. The Morgan fingerprint density at radius 1 is 1.09 bits per heavy atom. The number of carbonyl (C=O) groups excluding carboxylic acids is 1. The molecule has 0 spiro atoms. The Morgan fingerprint density at radius 3 is 2.67 bits per heavy atom. The molecule has 5 nitrogen and oxygen atoms in total. The summed E-state index contributed by atoms with van der Waals surface area (Å²) in [6.45, 7) is 0.669. The molecule has 1 amide bonds. The SMILES string of the molecule is O=C(NC1CCC(F)(F)CC1)c1cnn2ccc(N3CCCC3c3cc(F)ccc3F)cc12. The van der Waals surface area contributed by atoms with Crippen LogP contribution < -0.4 is 10.2 Å². The summed E-state index contributed by atoms with van der Waals surface area (Å²) in [5.74, 6) is -3.94. The highest BCUT2D eigenvalue weighted by Crippen LogP contribution is 2.38. The molecule has 3 heterocycles. The van der Waals surface area contributed by atoms with Crippen LogP contribution in [0.4, 0.5) is 23.2 Å². The van der Waals surface area contributed by atoms with E-state index in [2.05, 4.69) is 10.4 Å². The molecule has 5 rings (SSSR count). The molecule has 1 unspecified atom stereocenters. The Balaban J connectivity index is 1.40. The van der Waals surface area contributed by atoms with Gasteiger partial charge in [-0.25, -0.2) is 22.1 Å². The minimum absolute atomic E-state index is 0.232. The number of aromatic nitrogens is 2. The Kier molecular flexibility index (Phi) is 5.50. The number of alkyl halides is 2. The maximum absolute atomic E-state index is 14.4. The molecule has 1 saturated heterocycles. The smallest absolute Gasteiger partial charge is 0.255 e. The lowest BCUT2D eigenvalue weighted by atomic mass is 9.92. The number of nitrogens with one attached hydrogen (secondary N) is 1. The lowest BCUT2D eigenvalue weighted by Crippen LogP contribution is -2.40. The van der Waals surface area contributed by atoms with Gasteiger partial charge in [0.05, 0.1) is 23.3 Å². The number of fused-ring (bicyclic) bond motifs is 1. The van der Waals surface area contributed by atoms with Crippen molar-refractivity contribution >= 4 is 17.1 Å². The molecule has 2 aliphatic rings. The van der Waals surface area contributed by atoms with Gasteiger partial charge in [0, 0.05) is 42.9 Å². The van der Waals surface area contributed by atoms with Crippen molar-refractivity contribution in [3.8, 4) is 0 Å². The molecular formula is C24H24F4N4O. The summed E-state index contributed by atoms with van der Waals surface area (Å²) in [4.78, 5) is 14.9. The maximum Gasteiger partial charge on any atom is 0.255 e. The highest BCUT2D eigenvalue weighted by Gasteiger charge is 2.35. The van der Waals surface area contributed by atoms with Gasteiger partial charge in [0.15, 0.2) is 0 Å². The van der Waals surface area contributed by atoms with Crippen LogP contribution >= 0.6 is 0 Å². The Morgan fingerprint density at radius 2 is 1.88 bits per heavy atom. The average molecular weight is 460 g/mol. The zero-order chi connectivity index (χ0) is 23.2. The molecule has 1 N–H and O–H groups in total. The first-order chi connectivity index (χ1) is 15.8. The lowest BCUT2D eigenvalue weighted by Gasteiger charge is -2.29. The van der Waals surface area contributed by atoms with Gasteiger partial charge in [0.2, 0.25) is 5.92 Å². The van der Waals surface area contributed by atoms with Crippen molar-refractivity contribution in [3.05, 3.63) is 65.5 Å². The predicted octanol–water partition coefficient (Wildman–Crippen LogP) is 5.26. The number of hydrogen-bond donors (Lipinski definition) is 1. The van der Waals surface area contributed by atoms with E-state index in [1.165, 1.54) is 12.3 Å². The summed E-state index contributed by atoms with van der Waals surface area (Å²) in [5, 5.41) is 7.09. The van der Waals surface area contributed by atoms with E-state index in [0.717, 1.165) is 24.2 Å². The van der Waals surface area contributed by atoms with Crippen molar-refractivity contribution in [1.29, 1.82) is 0 Å². The molecule has 33 heavy (non-hydrogen) atoms. The van der Waals surface area contributed by atoms with Crippen molar-refractivity contribution in [1.82, 2.24) is 14.9 Å². The second kappa shape index (κ2) is 8.35. The largest absolute Gasteiger partial charge is 0.364 e. The third kappa shape index (κ3) is 4.28. The van der Waals surface area contributed by atoms with E-state index in [4.69, 9.17) is 0 Å². The Hall–Kier alpha value is -3.10. The number of amides is 1. The third-order valence-corrected chi connectivity index (χ3v) is 6.70. The average Bonchev–Trinajstić information content (AvgIpc) is 3.43. The zero-order valence-corrected chi connectivity index (χ0v) is 17.9. The summed E-state index contributed by atoms with van der Waals surface area (Å²) >= 11 is 0. The van der Waals surface area contributed by atoms with E-state index in [1.807, 2.05) is 17.0 Å². The van der Waals surface area contributed by atoms with Crippen LogP contribution in [-0.4, -0.2) is 34.0 Å². The molecule has 2 aromatic heterocycles. The highest BCUT2D eigenvalue weighted by atomic mass is 19.3. The summed E-state index contributed by atoms with van der Waals surface area (Å²) in [6, 6.07) is 6.52. The number of pyridine rings is 1. The second-order valence-corrected chi connectivity index (χ2v) is 8.89. The molecule has 2 fully saturated rings. The molecule has 1 aliphatic carbocycles. The highest BCUT2D eigenvalue weighted by molar-refractivity contribution is 6.01. The van der Waals surface area contributed by atoms with Gasteiger partial charge in [-0.05, 0) is 56.0 Å².